The molecule has 2 rings (SSSR count). The zero-order valence-corrected chi connectivity index (χ0v) is 10.7. The second kappa shape index (κ2) is 3.81. The first-order chi connectivity index (χ1) is 7.45. The quantitative estimate of drug-likeness (QED) is 0.750. The van der Waals surface area contributed by atoms with Crippen molar-refractivity contribution in [2.75, 3.05) is 5.32 Å². The van der Waals surface area contributed by atoms with Crippen LogP contribution < -0.4 is 5.32 Å². The zero-order chi connectivity index (χ0) is 11.9. The van der Waals surface area contributed by atoms with Gasteiger partial charge in [-0.25, -0.2) is 4.39 Å². The van der Waals surface area contributed by atoms with Gasteiger partial charge in [0, 0.05) is 22.5 Å². The standard InChI is InChI=1S/C13H16FNS/c1-4-8-5-6-10(14)9-7-11(16)13(2,3)15-12(8)9/h5-6,15H,4,7H2,1-3H3. The van der Waals surface area contributed by atoms with E-state index in [-0.39, 0.29) is 11.4 Å². The lowest BCUT2D eigenvalue weighted by molar-refractivity contribution is 0.609. The third-order valence-corrected chi connectivity index (χ3v) is 3.85. The number of fused-ring (bicyclic) bond motifs is 1. The zero-order valence-electron chi connectivity index (χ0n) is 9.86. The molecule has 1 heterocycles. The Balaban J connectivity index is 2.58. The molecule has 1 aliphatic heterocycles. The summed E-state index contributed by atoms with van der Waals surface area (Å²) in [6, 6.07) is 3.39. The summed E-state index contributed by atoms with van der Waals surface area (Å²) in [4.78, 5) is 0.868. The molecule has 0 saturated carbocycles. The fourth-order valence-corrected chi connectivity index (χ4v) is 2.25. The number of nitrogens with one attached hydrogen (secondary N) is 1. The van der Waals surface area contributed by atoms with Crippen LogP contribution in [0.15, 0.2) is 12.1 Å². The Morgan fingerprint density at radius 2 is 2.12 bits per heavy atom. The summed E-state index contributed by atoms with van der Waals surface area (Å²) in [6.07, 6.45) is 1.46. The number of hydrogen-bond donors (Lipinski definition) is 1. The highest BCUT2D eigenvalue weighted by Gasteiger charge is 2.31. The minimum absolute atomic E-state index is 0.155. The van der Waals surface area contributed by atoms with Crippen LogP contribution in [-0.4, -0.2) is 10.4 Å². The fraction of sp³-hybridized carbons (Fsp3) is 0.462. The van der Waals surface area contributed by atoms with Gasteiger partial charge in [-0.1, -0.05) is 25.2 Å². The fourth-order valence-electron chi connectivity index (χ4n) is 2.06. The SMILES string of the molecule is CCc1ccc(F)c2c1NC(C)(C)C(=S)C2. The van der Waals surface area contributed by atoms with Crippen LogP contribution in [0.2, 0.25) is 0 Å². The third kappa shape index (κ3) is 1.73. The number of halogens is 1. The van der Waals surface area contributed by atoms with E-state index in [9.17, 15) is 4.39 Å². The summed E-state index contributed by atoms with van der Waals surface area (Å²) in [7, 11) is 0. The molecule has 1 aliphatic rings. The first-order valence-corrected chi connectivity index (χ1v) is 5.98. The van der Waals surface area contributed by atoms with Gasteiger partial charge in [0.2, 0.25) is 0 Å². The molecular formula is C13H16FNS. The van der Waals surface area contributed by atoms with E-state index in [1.54, 1.807) is 6.07 Å². The second-order valence-corrected chi connectivity index (χ2v) is 5.26. The number of rotatable bonds is 1. The molecule has 1 nitrogen and oxygen atoms in total. The summed E-state index contributed by atoms with van der Waals surface area (Å²) in [5, 5.41) is 3.37. The largest absolute Gasteiger partial charge is 0.375 e. The Morgan fingerprint density at radius 3 is 2.75 bits per heavy atom. The highest BCUT2D eigenvalue weighted by molar-refractivity contribution is 7.80. The summed E-state index contributed by atoms with van der Waals surface area (Å²) in [6.45, 7) is 6.17. The van der Waals surface area contributed by atoms with Crippen LogP contribution in [0.1, 0.15) is 31.9 Å². The Labute approximate surface area is 101 Å². The van der Waals surface area contributed by atoms with Crippen LogP contribution in [0.3, 0.4) is 0 Å². The highest BCUT2D eigenvalue weighted by Crippen LogP contribution is 2.34. The lowest BCUT2D eigenvalue weighted by atomic mass is 9.87. The van der Waals surface area contributed by atoms with E-state index in [4.69, 9.17) is 12.2 Å². The van der Waals surface area contributed by atoms with Gasteiger partial charge in [-0.2, -0.15) is 0 Å². The van der Waals surface area contributed by atoms with Crippen LogP contribution in [-0.2, 0) is 12.8 Å². The number of hydrogen-bond acceptors (Lipinski definition) is 2. The molecule has 0 amide bonds. The molecule has 0 aliphatic carbocycles. The average molecular weight is 237 g/mol. The lowest BCUT2D eigenvalue weighted by Crippen LogP contribution is -2.44. The van der Waals surface area contributed by atoms with Crippen molar-refractivity contribution in [1.82, 2.24) is 0 Å². The molecular weight excluding hydrogens is 221 g/mol. The minimum Gasteiger partial charge on any atom is -0.375 e. The molecule has 0 radical (unpaired) electrons. The van der Waals surface area contributed by atoms with Crippen LogP contribution in [0.25, 0.3) is 0 Å². The summed E-state index contributed by atoms with van der Waals surface area (Å²) < 4.78 is 13.7. The van der Waals surface area contributed by atoms with E-state index in [0.29, 0.717) is 6.42 Å². The molecule has 0 unspecified atom stereocenters. The van der Waals surface area contributed by atoms with Crippen molar-refractivity contribution in [1.29, 1.82) is 0 Å². The maximum atomic E-state index is 13.7. The van der Waals surface area contributed by atoms with Gasteiger partial charge in [-0.3, -0.25) is 0 Å². The van der Waals surface area contributed by atoms with Crippen LogP contribution >= 0.6 is 12.2 Å². The molecule has 0 saturated heterocycles. The molecule has 16 heavy (non-hydrogen) atoms. The Kier molecular flexibility index (Phi) is 2.74. The summed E-state index contributed by atoms with van der Waals surface area (Å²) in [5.74, 6) is -0.155. The van der Waals surface area contributed by atoms with Crippen LogP contribution in [0.5, 0.6) is 0 Å². The molecule has 0 bridgehead atoms. The van der Waals surface area contributed by atoms with Crippen LogP contribution in [0.4, 0.5) is 10.1 Å². The third-order valence-electron chi connectivity index (χ3n) is 3.19. The minimum atomic E-state index is -0.222. The van der Waals surface area contributed by atoms with Crippen molar-refractivity contribution in [3.63, 3.8) is 0 Å². The summed E-state index contributed by atoms with van der Waals surface area (Å²) >= 11 is 5.33. The molecule has 0 spiro atoms. The van der Waals surface area contributed by atoms with E-state index < -0.39 is 0 Å². The number of benzene rings is 1. The highest BCUT2D eigenvalue weighted by atomic mass is 32.1. The van der Waals surface area contributed by atoms with Gasteiger partial charge in [0.25, 0.3) is 0 Å². The summed E-state index contributed by atoms with van der Waals surface area (Å²) in [5.41, 5.74) is 2.61. The van der Waals surface area contributed by atoms with Gasteiger partial charge < -0.3 is 5.32 Å². The van der Waals surface area contributed by atoms with Crippen molar-refractivity contribution in [3.05, 3.63) is 29.1 Å². The van der Waals surface area contributed by atoms with Crippen molar-refractivity contribution in [2.24, 2.45) is 0 Å². The van der Waals surface area contributed by atoms with E-state index >= 15 is 0 Å². The molecule has 0 atom stereocenters. The van der Waals surface area contributed by atoms with E-state index in [1.807, 2.05) is 19.9 Å². The topological polar surface area (TPSA) is 12.0 Å². The monoisotopic (exact) mass is 237 g/mol. The predicted octanol–water partition coefficient (Wildman–Crippen LogP) is 3.50. The normalized spacial score (nSPS) is 17.9. The second-order valence-electron chi connectivity index (χ2n) is 4.76. The van der Waals surface area contributed by atoms with Gasteiger partial charge >= 0.3 is 0 Å². The van der Waals surface area contributed by atoms with Gasteiger partial charge in [0.1, 0.15) is 5.82 Å². The lowest BCUT2D eigenvalue weighted by Gasteiger charge is -2.36. The van der Waals surface area contributed by atoms with Gasteiger partial charge in [0.15, 0.2) is 0 Å². The first-order valence-electron chi connectivity index (χ1n) is 5.57. The number of aryl methyl sites for hydroxylation is 1. The van der Waals surface area contributed by atoms with Gasteiger partial charge in [0.05, 0.1) is 5.54 Å². The van der Waals surface area contributed by atoms with Crippen LogP contribution in [0, 0.1) is 5.82 Å². The van der Waals surface area contributed by atoms with Gasteiger partial charge in [-0.05, 0) is 31.9 Å². The molecule has 0 fully saturated rings. The molecule has 86 valence electrons. The Hall–Kier alpha value is -0.960. The van der Waals surface area contributed by atoms with Gasteiger partial charge in [-0.15, -0.1) is 0 Å². The van der Waals surface area contributed by atoms with Crippen molar-refractivity contribution < 1.29 is 4.39 Å². The Morgan fingerprint density at radius 1 is 1.44 bits per heavy atom. The number of anilines is 1. The Bertz CT molecular complexity index is 451. The molecule has 3 heteroatoms. The van der Waals surface area contributed by atoms with E-state index in [2.05, 4.69) is 12.2 Å². The maximum Gasteiger partial charge on any atom is 0.128 e. The van der Waals surface area contributed by atoms with E-state index in [1.165, 1.54) is 0 Å². The van der Waals surface area contributed by atoms with Crippen molar-refractivity contribution in [3.8, 4) is 0 Å². The maximum absolute atomic E-state index is 13.7. The average Bonchev–Trinajstić information content (AvgIpc) is 2.21. The van der Waals surface area contributed by atoms with Crippen molar-refractivity contribution >= 4 is 22.8 Å². The molecule has 0 aromatic heterocycles. The number of thiocarbonyl (C=S) groups is 1. The smallest absolute Gasteiger partial charge is 0.128 e. The predicted molar refractivity (Wildman–Crippen MR) is 69.8 cm³/mol. The molecule has 1 aromatic carbocycles. The molecule has 1 aromatic rings. The molecule has 1 N–H and O–H groups in total. The van der Waals surface area contributed by atoms with E-state index in [0.717, 1.165) is 28.1 Å². The first kappa shape index (κ1) is 11.5. The van der Waals surface area contributed by atoms with Crippen molar-refractivity contribution in [2.45, 2.75) is 39.2 Å².